The van der Waals surface area contributed by atoms with Gasteiger partial charge in [-0.3, -0.25) is 9.59 Å². The number of rotatable bonds is 5. The van der Waals surface area contributed by atoms with Gasteiger partial charge in [-0.1, -0.05) is 6.08 Å². The minimum absolute atomic E-state index is 0.439. The van der Waals surface area contributed by atoms with Crippen molar-refractivity contribution >= 4 is 17.4 Å². The van der Waals surface area contributed by atoms with E-state index in [-0.39, 0.29) is 0 Å². The first-order valence-electron chi connectivity index (χ1n) is 5.84. The second kappa shape index (κ2) is 5.04. The third-order valence-corrected chi connectivity index (χ3v) is 2.97. The number of unbranched alkanes of at least 4 members (excludes halogenated alkanes) is 1. The predicted octanol–water partition coefficient (Wildman–Crippen LogP) is 2.19. The maximum atomic E-state index is 11.9. The van der Waals surface area contributed by atoms with Crippen LogP contribution >= 0.6 is 0 Å². The lowest BCUT2D eigenvalue weighted by molar-refractivity contribution is -0.114. The third kappa shape index (κ3) is 2.01. The van der Waals surface area contributed by atoms with Gasteiger partial charge in [0.25, 0.3) is 11.7 Å². The molecule has 1 aromatic carbocycles. The van der Waals surface area contributed by atoms with Gasteiger partial charge in [0.1, 0.15) is 5.75 Å². The second-order valence-electron chi connectivity index (χ2n) is 4.10. The van der Waals surface area contributed by atoms with Gasteiger partial charge in [0.05, 0.1) is 18.4 Å². The van der Waals surface area contributed by atoms with Gasteiger partial charge in [-0.25, -0.2) is 0 Å². The number of carbonyl (C=O) groups is 2. The number of benzene rings is 1. The first kappa shape index (κ1) is 12.4. The number of carbonyl (C=O) groups excluding carboxylic acids is 2. The number of methoxy groups -OCH3 is 1. The molecule has 0 aliphatic carbocycles. The molecular formula is C14H15NO3. The average Bonchev–Trinajstić information content (AvgIpc) is 2.63. The Morgan fingerprint density at radius 1 is 1.39 bits per heavy atom. The smallest absolute Gasteiger partial charge is 0.299 e. The van der Waals surface area contributed by atoms with E-state index in [1.165, 1.54) is 4.90 Å². The van der Waals surface area contributed by atoms with Crippen LogP contribution in [0.5, 0.6) is 5.75 Å². The molecule has 0 fully saturated rings. The van der Waals surface area contributed by atoms with Gasteiger partial charge >= 0.3 is 0 Å². The summed E-state index contributed by atoms with van der Waals surface area (Å²) in [6, 6.07) is 5.06. The molecule has 0 atom stereocenters. The lowest BCUT2D eigenvalue weighted by Crippen LogP contribution is -2.30. The zero-order valence-corrected chi connectivity index (χ0v) is 10.3. The summed E-state index contributed by atoms with van der Waals surface area (Å²) in [5, 5.41) is 0. The standard InChI is InChI=1S/C14H15NO3/c1-3-4-5-8-15-12-9-10(18-2)6-7-11(12)13(16)14(15)17/h3,6-7,9H,1,4-5,8H2,2H3. The van der Waals surface area contributed by atoms with Crippen LogP contribution in [0.3, 0.4) is 0 Å². The summed E-state index contributed by atoms with van der Waals surface area (Å²) in [6.45, 7) is 4.16. The molecule has 1 amide bonds. The van der Waals surface area contributed by atoms with E-state index in [1.54, 1.807) is 31.4 Å². The van der Waals surface area contributed by atoms with Crippen LogP contribution in [0.1, 0.15) is 23.2 Å². The minimum atomic E-state index is -0.456. The molecule has 1 aliphatic rings. The number of hydrogen-bond acceptors (Lipinski definition) is 3. The van der Waals surface area contributed by atoms with Crippen LogP contribution in [0.2, 0.25) is 0 Å². The molecule has 0 radical (unpaired) electrons. The van der Waals surface area contributed by atoms with Gasteiger partial charge in [-0.05, 0) is 25.0 Å². The zero-order valence-electron chi connectivity index (χ0n) is 10.3. The minimum Gasteiger partial charge on any atom is -0.497 e. The van der Waals surface area contributed by atoms with Crippen LogP contribution in [-0.4, -0.2) is 25.3 Å². The van der Waals surface area contributed by atoms with E-state index in [1.807, 2.05) is 0 Å². The number of anilines is 1. The second-order valence-corrected chi connectivity index (χ2v) is 4.10. The Bertz CT molecular complexity index is 508. The Morgan fingerprint density at radius 2 is 2.17 bits per heavy atom. The fraction of sp³-hybridized carbons (Fsp3) is 0.286. The highest BCUT2D eigenvalue weighted by molar-refractivity contribution is 6.52. The van der Waals surface area contributed by atoms with Crippen molar-refractivity contribution in [3.05, 3.63) is 36.4 Å². The van der Waals surface area contributed by atoms with Crippen LogP contribution in [-0.2, 0) is 4.79 Å². The molecule has 4 heteroatoms. The van der Waals surface area contributed by atoms with Gasteiger partial charge in [-0.15, -0.1) is 6.58 Å². The highest BCUT2D eigenvalue weighted by Crippen LogP contribution is 2.32. The van der Waals surface area contributed by atoms with Crippen LogP contribution in [0.4, 0.5) is 5.69 Å². The van der Waals surface area contributed by atoms with Crippen LogP contribution in [0.15, 0.2) is 30.9 Å². The molecule has 2 rings (SSSR count). The molecule has 1 heterocycles. The molecule has 0 saturated heterocycles. The summed E-state index contributed by atoms with van der Waals surface area (Å²) < 4.78 is 5.12. The van der Waals surface area contributed by atoms with Crippen LogP contribution in [0.25, 0.3) is 0 Å². The number of allylic oxidation sites excluding steroid dienone is 1. The molecule has 0 unspecified atom stereocenters. The first-order chi connectivity index (χ1) is 8.69. The van der Waals surface area contributed by atoms with E-state index in [9.17, 15) is 9.59 Å². The summed E-state index contributed by atoms with van der Waals surface area (Å²) in [5.74, 6) is -0.251. The van der Waals surface area contributed by atoms with Crippen molar-refractivity contribution in [1.82, 2.24) is 0 Å². The van der Waals surface area contributed by atoms with Crippen molar-refractivity contribution in [3.63, 3.8) is 0 Å². The molecule has 0 aromatic heterocycles. The Hall–Kier alpha value is -2.10. The molecular weight excluding hydrogens is 230 g/mol. The summed E-state index contributed by atoms with van der Waals surface area (Å²) in [5.41, 5.74) is 1.10. The summed E-state index contributed by atoms with van der Waals surface area (Å²) >= 11 is 0. The Morgan fingerprint density at radius 3 is 2.83 bits per heavy atom. The van der Waals surface area contributed by atoms with Gasteiger partial charge in [0.15, 0.2) is 0 Å². The van der Waals surface area contributed by atoms with Crippen molar-refractivity contribution in [2.75, 3.05) is 18.6 Å². The number of ketones is 1. The number of nitrogens with zero attached hydrogens (tertiary/aromatic N) is 1. The summed E-state index contributed by atoms with van der Waals surface area (Å²) in [7, 11) is 1.56. The third-order valence-electron chi connectivity index (χ3n) is 2.97. The number of amides is 1. The molecule has 0 spiro atoms. The van der Waals surface area contributed by atoms with Crippen molar-refractivity contribution in [3.8, 4) is 5.75 Å². The SMILES string of the molecule is C=CCCCN1C(=O)C(=O)c2ccc(OC)cc21. The van der Waals surface area contributed by atoms with E-state index in [0.717, 1.165) is 12.8 Å². The van der Waals surface area contributed by atoms with Crippen molar-refractivity contribution in [2.24, 2.45) is 0 Å². The van der Waals surface area contributed by atoms with Crippen molar-refractivity contribution in [2.45, 2.75) is 12.8 Å². The highest BCUT2D eigenvalue weighted by Gasteiger charge is 2.35. The van der Waals surface area contributed by atoms with Crippen LogP contribution < -0.4 is 9.64 Å². The highest BCUT2D eigenvalue weighted by atomic mass is 16.5. The topological polar surface area (TPSA) is 46.6 Å². The van der Waals surface area contributed by atoms with E-state index >= 15 is 0 Å². The zero-order chi connectivity index (χ0) is 13.1. The maximum Gasteiger partial charge on any atom is 0.299 e. The molecule has 1 aromatic rings. The Kier molecular flexibility index (Phi) is 3.46. The first-order valence-corrected chi connectivity index (χ1v) is 5.84. The maximum absolute atomic E-state index is 11.9. The largest absolute Gasteiger partial charge is 0.497 e. The van der Waals surface area contributed by atoms with E-state index < -0.39 is 11.7 Å². The number of Topliss-reactive ketones (excluding diaryl/α,β-unsaturated/α-hetero) is 1. The summed E-state index contributed by atoms with van der Waals surface area (Å²) in [6.07, 6.45) is 3.41. The van der Waals surface area contributed by atoms with Gasteiger partial charge in [0.2, 0.25) is 0 Å². The number of ether oxygens (including phenoxy) is 1. The van der Waals surface area contributed by atoms with E-state index in [2.05, 4.69) is 6.58 Å². The molecule has 0 saturated carbocycles. The van der Waals surface area contributed by atoms with E-state index in [0.29, 0.717) is 23.5 Å². The fourth-order valence-corrected chi connectivity index (χ4v) is 2.02. The quantitative estimate of drug-likeness (QED) is 0.454. The summed E-state index contributed by atoms with van der Waals surface area (Å²) in [4.78, 5) is 25.2. The molecule has 0 bridgehead atoms. The lowest BCUT2D eigenvalue weighted by Gasteiger charge is -2.16. The van der Waals surface area contributed by atoms with Crippen molar-refractivity contribution < 1.29 is 14.3 Å². The van der Waals surface area contributed by atoms with E-state index in [4.69, 9.17) is 4.74 Å². The molecule has 1 aliphatic heterocycles. The van der Waals surface area contributed by atoms with Gasteiger partial charge in [-0.2, -0.15) is 0 Å². The monoisotopic (exact) mass is 245 g/mol. The van der Waals surface area contributed by atoms with Gasteiger partial charge in [0, 0.05) is 12.6 Å². The Labute approximate surface area is 106 Å². The normalized spacial score (nSPS) is 13.7. The molecule has 94 valence electrons. The van der Waals surface area contributed by atoms with Crippen molar-refractivity contribution in [1.29, 1.82) is 0 Å². The Balaban J connectivity index is 2.30. The molecule has 0 N–H and O–H groups in total. The predicted molar refractivity (Wildman–Crippen MR) is 69.1 cm³/mol. The van der Waals surface area contributed by atoms with Gasteiger partial charge < -0.3 is 9.64 Å². The number of hydrogen-bond donors (Lipinski definition) is 0. The number of fused-ring (bicyclic) bond motifs is 1. The van der Waals surface area contributed by atoms with Crippen LogP contribution in [0, 0.1) is 0 Å². The fourth-order valence-electron chi connectivity index (χ4n) is 2.02. The molecule has 18 heavy (non-hydrogen) atoms. The molecule has 4 nitrogen and oxygen atoms in total. The average molecular weight is 245 g/mol. The lowest BCUT2D eigenvalue weighted by atomic mass is 10.1.